The van der Waals surface area contributed by atoms with Crippen LogP contribution in [0.2, 0.25) is 0 Å². The lowest BCUT2D eigenvalue weighted by Crippen LogP contribution is -2.00. The smallest absolute Gasteiger partial charge is 0.181 e. The van der Waals surface area contributed by atoms with Crippen molar-refractivity contribution in [3.05, 3.63) is 52.9 Å². The zero-order chi connectivity index (χ0) is 14.1. The third-order valence-corrected chi connectivity index (χ3v) is 3.40. The average Bonchev–Trinajstić information content (AvgIpc) is 2.88. The number of hydrogen-bond donors (Lipinski definition) is 1. The molecule has 0 bridgehead atoms. The first-order chi connectivity index (χ1) is 9.63. The van der Waals surface area contributed by atoms with Gasteiger partial charge in [0.15, 0.2) is 11.6 Å². The van der Waals surface area contributed by atoms with Crippen molar-refractivity contribution in [1.29, 1.82) is 0 Å². The second-order valence-electron chi connectivity index (χ2n) is 4.46. The molecule has 0 saturated carbocycles. The maximum Gasteiger partial charge on any atom is 0.181 e. The van der Waals surface area contributed by atoms with Crippen molar-refractivity contribution in [2.24, 2.45) is 0 Å². The van der Waals surface area contributed by atoms with Crippen LogP contribution in [-0.4, -0.2) is 19.7 Å². The molecule has 0 aliphatic rings. The highest BCUT2D eigenvalue weighted by Gasteiger charge is 2.09. The Morgan fingerprint density at radius 3 is 2.80 bits per heavy atom. The van der Waals surface area contributed by atoms with Gasteiger partial charge < -0.3 is 5.73 Å². The molecular formula is C14H12BrN5. The lowest BCUT2D eigenvalue weighted by molar-refractivity contribution is 0.841. The van der Waals surface area contributed by atoms with Gasteiger partial charge in [-0.2, -0.15) is 0 Å². The van der Waals surface area contributed by atoms with Crippen molar-refractivity contribution in [3.8, 4) is 17.2 Å². The van der Waals surface area contributed by atoms with Crippen LogP contribution in [0.25, 0.3) is 17.2 Å². The molecule has 100 valence electrons. The molecule has 0 unspecified atom stereocenters. The fraction of sp³-hybridized carbons (Fsp3) is 0.0714. The Balaban J connectivity index is 2.02. The summed E-state index contributed by atoms with van der Waals surface area (Å²) in [6, 6.07) is 9.47. The standard InChI is InChI=1S/C14H12BrN5/c1-9-5-12(15)14(17-7-9)20-8-18-13(19-20)10-3-2-4-11(16)6-10/h2-8H,16H2,1H3. The van der Waals surface area contributed by atoms with Crippen LogP contribution in [-0.2, 0) is 0 Å². The zero-order valence-corrected chi connectivity index (χ0v) is 12.4. The first-order valence-electron chi connectivity index (χ1n) is 6.03. The SMILES string of the molecule is Cc1cnc(-n2cnc(-c3cccc(N)c3)n2)c(Br)c1. The number of nitrogen functional groups attached to an aromatic ring is 1. The van der Waals surface area contributed by atoms with Crippen molar-refractivity contribution in [2.75, 3.05) is 5.73 Å². The van der Waals surface area contributed by atoms with Gasteiger partial charge in [0.2, 0.25) is 0 Å². The minimum Gasteiger partial charge on any atom is -0.399 e. The Labute approximate surface area is 124 Å². The predicted molar refractivity (Wildman–Crippen MR) is 81.4 cm³/mol. The van der Waals surface area contributed by atoms with Crippen LogP contribution in [0.5, 0.6) is 0 Å². The number of benzene rings is 1. The van der Waals surface area contributed by atoms with E-state index >= 15 is 0 Å². The molecule has 0 saturated heterocycles. The summed E-state index contributed by atoms with van der Waals surface area (Å²) in [5.41, 5.74) is 8.42. The van der Waals surface area contributed by atoms with Crippen LogP contribution in [0.3, 0.4) is 0 Å². The first kappa shape index (κ1) is 12.8. The number of pyridine rings is 1. The van der Waals surface area contributed by atoms with E-state index in [0.717, 1.165) is 15.6 Å². The molecular weight excluding hydrogens is 318 g/mol. The normalized spacial score (nSPS) is 10.7. The molecule has 0 radical (unpaired) electrons. The number of hydrogen-bond acceptors (Lipinski definition) is 4. The number of aromatic nitrogens is 4. The van der Waals surface area contributed by atoms with Crippen LogP contribution in [0.1, 0.15) is 5.56 Å². The Hall–Kier alpha value is -2.21. The van der Waals surface area contributed by atoms with Crippen LogP contribution in [0, 0.1) is 6.92 Å². The molecule has 0 atom stereocenters. The Morgan fingerprint density at radius 2 is 2.05 bits per heavy atom. The molecule has 0 spiro atoms. The molecule has 20 heavy (non-hydrogen) atoms. The van der Waals surface area contributed by atoms with Gasteiger partial charge in [-0.15, -0.1) is 5.10 Å². The van der Waals surface area contributed by atoms with Gasteiger partial charge in [0.25, 0.3) is 0 Å². The molecule has 0 fully saturated rings. The lowest BCUT2D eigenvalue weighted by Gasteiger charge is -2.03. The molecule has 2 aromatic heterocycles. The summed E-state index contributed by atoms with van der Waals surface area (Å²) in [7, 11) is 0. The van der Waals surface area contributed by atoms with Gasteiger partial charge in [-0.1, -0.05) is 12.1 Å². The summed E-state index contributed by atoms with van der Waals surface area (Å²) < 4.78 is 2.52. The highest BCUT2D eigenvalue weighted by molar-refractivity contribution is 9.10. The van der Waals surface area contributed by atoms with E-state index in [1.54, 1.807) is 17.2 Å². The van der Waals surface area contributed by atoms with Gasteiger partial charge in [0.05, 0.1) is 4.47 Å². The van der Waals surface area contributed by atoms with E-state index in [0.29, 0.717) is 17.3 Å². The van der Waals surface area contributed by atoms with Crippen LogP contribution in [0.4, 0.5) is 5.69 Å². The van der Waals surface area contributed by atoms with Gasteiger partial charge in [-0.05, 0) is 46.6 Å². The number of nitrogens with zero attached hydrogens (tertiary/aromatic N) is 4. The average molecular weight is 330 g/mol. The third-order valence-electron chi connectivity index (χ3n) is 2.81. The number of aryl methyl sites for hydroxylation is 1. The minimum atomic E-state index is 0.617. The zero-order valence-electron chi connectivity index (χ0n) is 10.8. The van der Waals surface area contributed by atoms with Gasteiger partial charge in [0, 0.05) is 17.4 Å². The van der Waals surface area contributed by atoms with Crippen LogP contribution in [0.15, 0.2) is 47.3 Å². The topological polar surface area (TPSA) is 69.6 Å². The second kappa shape index (κ2) is 5.05. The fourth-order valence-electron chi connectivity index (χ4n) is 1.87. The predicted octanol–water partition coefficient (Wildman–Crippen LogP) is 2.98. The molecule has 5 nitrogen and oxygen atoms in total. The summed E-state index contributed by atoms with van der Waals surface area (Å²) in [5, 5.41) is 4.44. The number of anilines is 1. The van der Waals surface area contributed by atoms with E-state index < -0.39 is 0 Å². The molecule has 2 heterocycles. The van der Waals surface area contributed by atoms with Gasteiger partial charge in [-0.3, -0.25) is 0 Å². The van der Waals surface area contributed by atoms with Crippen molar-refractivity contribution in [2.45, 2.75) is 6.92 Å². The summed E-state index contributed by atoms with van der Waals surface area (Å²) in [6.45, 7) is 1.99. The molecule has 1 aromatic carbocycles. The first-order valence-corrected chi connectivity index (χ1v) is 6.83. The van der Waals surface area contributed by atoms with Crippen molar-refractivity contribution in [1.82, 2.24) is 19.7 Å². The summed E-state index contributed by atoms with van der Waals surface area (Å²) >= 11 is 3.49. The Bertz CT molecular complexity index is 766. The Morgan fingerprint density at radius 1 is 1.20 bits per heavy atom. The Kier molecular flexibility index (Phi) is 3.23. The fourth-order valence-corrected chi connectivity index (χ4v) is 2.52. The van der Waals surface area contributed by atoms with E-state index in [-0.39, 0.29) is 0 Å². The summed E-state index contributed by atoms with van der Waals surface area (Å²) in [4.78, 5) is 8.66. The van der Waals surface area contributed by atoms with E-state index in [4.69, 9.17) is 5.73 Å². The van der Waals surface area contributed by atoms with Crippen molar-refractivity contribution >= 4 is 21.6 Å². The van der Waals surface area contributed by atoms with E-state index in [1.165, 1.54) is 0 Å². The maximum absolute atomic E-state index is 5.77. The number of nitrogens with two attached hydrogens (primary N) is 1. The van der Waals surface area contributed by atoms with Gasteiger partial charge >= 0.3 is 0 Å². The molecule has 0 aliphatic heterocycles. The quantitative estimate of drug-likeness (QED) is 0.734. The largest absolute Gasteiger partial charge is 0.399 e. The maximum atomic E-state index is 5.77. The minimum absolute atomic E-state index is 0.617. The van der Waals surface area contributed by atoms with Crippen LogP contribution < -0.4 is 5.73 Å². The second-order valence-corrected chi connectivity index (χ2v) is 5.31. The summed E-state index contributed by atoms with van der Waals surface area (Å²) in [6.07, 6.45) is 3.43. The van der Waals surface area contributed by atoms with E-state index in [2.05, 4.69) is 31.0 Å². The number of halogens is 1. The molecule has 0 aliphatic carbocycles. The van der Waals surface area contributed by atoms with E-state index in [9.17, 15) is 0 Å². The molecule has 0 amide bonds. The summed E-state index contributed by atoms with van der Waals surface area (Å²) in [5.74, 6) is 1.32. The highest BCUT2D eigenvalue weighted by atomic mass is 79.9. The van der Waals surface area contributed by atoms with Crippen molar-refractivity contribution in [3.63, 3.8) is 0 Å². The van der Waals surface area contributed by atoms with Crippen LogP contribution >= 0.6 is 15.9 Å². The molecule has 6 heteroatoms. The van der Waals surface area contributed by atoms with Gasteiger partial charge in [-0.25, -0.2) is 14.6 Å². The molecule has 3 rings (SSSR count). The van der Waals surface area contributed by atoms with Gasteiger partial charge in [0.1, 0.15) is 6.33 Å². The number of rotatable bonds is 2. The molecule has 3 aromatic rings. The monoisotopic (exact) mass is 329 g/mol. The highest BCUT2D eigenvalue weighted by Crippen LogP contribution is 2.21. The lowest BCUT2D eigenvalue weighted by atomic mass is 10.2. The van der Waals surface area contributed by atoms with Crippen molar-refractivity contribution < 1.29 is 0 Å². The van der Waals surface area contributed by atoms with E-state index in [1.807, 2.05) is 37.3 Å². The third kappa shape index (κ3) is 2.42. The molecule has 2 N–H and O–H groups in total.